The lowest BCUT2D eigenvalue weighted by Gasteiger charge is -2.37. The van der Waals surface area contributed by atoms with Crippen LogP contribution < -0.4 is 10.6 Å². The Hall–Kier alpha value is -3.38. The summed E-state index contributed by atoms with van der Waals surface area (Å²) in [5, 5.41) is 15.9. The molecule has 2 aliphatic heterocycles. The number of carbonyl (C=O) groups excluding carboxylic acids is 4. The van der Waals surface area contributed by atoms with Crippen molar-refractivity contribution in [3.8, 4) is 12.3 Å². The predicted octanol–water partition coefficient (Wildman–Crippen LogP) is 1.04. The Morgan fingerprint density at radius 3 is 2.37 bits per heavy atom. The zero-order valence-corrected chi connectivity index (χ0v) is 20.5. The van der Waals surface area contributed by atoms with Crippen molar-refractivity contribution in [1.29, 1.82) is 0 Å². The van der Waals surface area contributed by atoms with E-state index in [9.17, 15) is 24.3 Å². The van der Waals surface area contributed by atoms with Crippen LogP contribution in [0.3, 0.4) is 0 Å². The van der Waals surface area contributed by atoms with E-state index in [2.05, 4.69) is 16.6 Å². The molecule has 0 aliphatic carbocycles. The van der Waals surface area contributed by atoms with E-state index in [1.54, 1.807) is 12.1 Å². The van der Waals surface area contributed by atoms with Crippen LogP contribution in [0.2, 0.25) is 0 Å². The second kappa shape index (κ2) is 10.9. The van der Waals surface area contributed by atoms with Gasteiger partial charge in [-0.05, 0) is 23.1 Å². The van der Waals surface area contributed by atoms with Gasteiger partial charge in [-0.2, -0.15) is 0 Å². The highest BCUT2D eigenvalue weighted by Crippen LogP contribution is 2.26. The molecular weight excluding hydrogens is 448 g/mol. The Labute approximate surface area is 206 Å². The molecule has 1 aromatic carbocycles. The van der Waals surface area contributed by atoms with E-state index in [-0.39, 0.29) is 31.2 Å². The molecule has 4 amide bonds. The van der Waals surface area contributed by atoms with Gasteiger partial charge in [0.05, 0.1) is 6.10 Å². The van der Waals surface area contributed by atoms with E-state index in [0.29, 0.717) is 25.9 Å². The van der Waals surface area contributed by atoms with Crippen molar-refractivity contribution in [3.05, 3.63) is 35.4 Å². The molecule has 0 radical (unpaired) electrons. The normalized spacial score (nSPS) is 21.3. The number of hydrogen-bond donors (Lipinski definition) is 3. The number of urea groups is 1. The largest absolute Gasteiger partial charge is 0.391 e. The van der Waals surface area contributed by atoms with Crippen LogP contribution in [0.25, 0.3) is 0 Å². The lowest BCUT2D eigenvalue weighted by molar-refractivity contribution is -0.142. The van der Waals surface area contributed by atoms with Gasteiger partial charge < -0.3 is 25.5 Å². The van der Waals surface area contributed by atoms with Gasteiger partial charge in [-0.25, -0.2) is 4.79 Å². The molecule has 1 aromatic rings. The van der Waals surface area contributed by atoms with Crippen LogP contribution in [0.1, 0.15) is 51.2 Å². The SMILES string of the molecule is C#Cc1ccc(CNC(=O)[C@@H]2C[C@@H](O)CN2C(=O)[C@@H](NC(=O)N2CCC(=O)CC2)C(C)(C)C)cc1. The number of benzene rings is 1. The monoisotopic (exact) mass is 482 g/mol. The maximum absolute atomic E-state index is 13.6. The first-order valence-corrected chi connectivity index (χ1v) is 11.9. The Morgan fingerprint density at radius 1 is 1.17 bits per heavy atom. The Kier molecular flexibility index (Phi) is 8.18. The summed E-state index contributed by atoms with van der Waals surface area (Å²) in [7, 11) is 0. The van der Waals surface area contributed by atoms with Gasteiger partial charge in [-0.15, -0.1) is 6.42 Å². The number of hydrogen-bond acceptors (Lipinski definition) is 5. The smallest absolute Gasteiger partial charge is 0.318 e. The van der Waals surface area contributed by atoms with E-state index >= 15 is 0 Å². The topological polar surface area (TPSA) is 119 Å². The number of piperidine rings is 1. The lowest BCUT2D eigenvalue weighted by Crippen LogP contribution is -2.60. The van der Waals surface area contributed by atoms with E-state index in [1.807, 2.05) is 32.9 Å². The summed E-state index contributed by atoms with van der Waals surface area (Å²) in [5.74, 6) is 1.86. The van der Waals surface area contributed by atoms with Crippen LogP contribution in [0.5, 0.6) is 0 Å². The lowest BCUT2D eigenvalue weighted by atomic mass is 9.85. The quantitative estimate of drug-likeness (QED) is 0.542. The number of terminal acetylenes is 1. The molecule has 9 heteroatoms. The highest BCUT2D eigenvalue weighted by molar-refractivity contribution is 5.93. The molecule has 3 N–H and O–H groups in total. The number of nitrogens with one attached hydrogen (secondary N) is 2. The van der Waals surface area contributed by atoms with Crippen LogP contribution in [0, 0.1) is 17.8 Å². The zero-order chi connectivity index (χ0) is 25.8. The third kappa shape index (κ3) is 6.61. The molecule has 0 aromatic heterocycles. The van der Waals surface area contributed by atoms with Gasteiger partial charge in [0, 0.05) is 51.0 Å². The summed E-state index contributed by atoms with van der Waals surface area (Å²) in [4.78, 5) is 53.9. The van der Waals surface area contributed by atoms with Gasteiger partial charge in [0.15, 0.2) is 0 Å². The number of nitrogens with zero attached hydrogens (tertiary/aromatic N) is 2. The number of carbonyl (C=O) groups is 4. The first kappa shape index (κ1) is 26.2. The second-order valence-corrected chi connectivity index (χ2v) is 10.2. The molecule has 0 unspecified atom stereocenters. The minimum Gasteiger partial charge on any atom is -0.391 e. The minimum atomic E-state index is -0.912. The molecule has 2 aliphatic rings. The summed E-state index contributed by atoms with van der Waals surface area (Å²) < 4.78 is 0. The van der Waals surface area contributed by atoms with Crippen LogP contribution in [0.15, 0.2) is 24.3 Å². The Bertz CT molecular complexity index is 998. The highest BCUT2D eigenvalue weighted by Gasteiger charge is 2.44. The minimum absolute atomic E-state index is 0.00839. The molecule has 2 heterocycles. The number of likely N-dealkylation sites (tertiary alicyclic amines) is 2. The number of Topliss-reactive ketones (excluding diaryl/α,β-unsaturated/α-hetero) is 1. The molecule has 3 atom stereocenters. The van der Waals surface area contributed by atoms with Gasteiger partial charge in [-0.1, -0.05) is 38.8 Å². The fraction of sp³-hybridized carbons (Fsp3) is 0.538. The van der Waals surface area contributed by atoms with Crippen LogP contribution in [-0.4, -0.2) is 76.4 Å². The standard InChI is InChI=1S/C26H34N4O5/c1-5-17-6-8-18(9-7-17)15-27-23(33)21-14-20(32)16-30(21)24(34)22(26(2,3)4)28-25(35)29-12-10-19(31)11-13-29/h1,6-9,20-22,32H,10-16H2,2-4H3,(H,27,33)(H,28,35)/t20-,21+,22-/m1/s1. The van der Waals surface area contributed by atoms with E-state index < -0.39 is 35.5 Å². The van der Waals surface area contributed by atoms with Crippen LogP contribution in [0.4, 0.5) is 4.79 Å². The summed E-state index contributed by atoms with van der Waals surface area (Å²) >= 11 is 0. The van der Waals surface area contributed by atoms with E-state index in [1.165, 1.54) is 9.80 Å². The Morgan fingerprint density at radius 2 is 1.80 bits per heavy atom. The number of aliphatic hydroxyl groups is 1. The first-order valence-electron chi connectivity index (χ1n) is 11.9. The molecule has 2 saturated heterocycles. The van der Waals surface area contributed by atoms with E-state index in [4.69, 9.17) is 6.42 Å². The molecule has 188 valence electrons. The molecule has 35 heavy (non-hydrogen) atoms. The third-order valence-corrected chi connectivity index (χ3v) is 6.44. The molecule has 9 nitrogen and oxygen atoms in total. The van der Waals surface area contributed by atoms with Crippen molar-refractivity contribution >= 4 is 23.6 Å². The highest BCUT2D eigenvalue weighted by atomic mass is 16.3. The third-order valence-electron chi connectivity index (χ3n) is 6.44. The van der Waals surface area contributed by atoms with Crippen molar-refractivity contribution in [1.82, 2.24) is 20.4 Å². The predicted molar refractivity (Wildman–Crippen MR) is 130 cm³/mol. The second-order valence-electron chi connectivity index (χ2n) is 10.2. The molecule has 0 spiro atoms. The zero-order valence-electron chi connectivity index (χ0n) is 20.5. The van der Waals surface area contributed by atoms with Crippen molar-refractivity contribution < 1.29 is 24.3 Å². The number of ketones is 1. The molecule has 2 fully saturated rings. The average molecular weight is 483 g/mol. The summed E-state index contributed by atoms with van der Waals surface area (Å²) in [6.07, 6.45) is 5.25. The van der Waals surface area contributed by atoms with Gasteiger partial charge in [0.1, 0.15) is 17.9 Å². The number of β-amino-alcohol motifs (C(OH)–C–C–N with tert-alkyl or cyclic N) is 1. The van der Waals surface area contributed by atoms with Crippen LogP contribution in [-0.2, 0) is 20.9 Å². The number of aliphatic hydroxyl groups excluding tert-OH is 1. The molecule has 3 rings (SSSR count). The molecular formula is C26H34N4O5. The Balaban J connectivity index is 1.69. The summed E-state index contributed by atoms with van der Waals surface area (Å²) in [6.45, 7) is 6.38. The number of amides is 4. The molecule has 0 bridgehead atoms. The average Bonchev–Trinajstić information content (AvgIpc) is 3.22. The summed E-state index contributed by atoms with van der Waals surface area (Å²) in [5.41, 5.74) is 0.946. The van der Waals surface area contributed by atoms with Gasteiger partial charge >= 0.3 is 6.03 Å². The fourth-order valence-electron chi connectivity index (χ4n) is 4.32. The maximum atomic E-state index is 13.6. The first-order chi connectivity index (χ1) is 16.5. The van der Waals surface area contributed by atoms with Gasteiger partial charge in [0.25, 0.3) is 0 Å². The van der Waals surface area contributed by atoms with Gasteiger partial charge in [0.2, 0.25) is 11.8 Å². The van der Waals surface area contributed by atoms with Crippen LogP contribution >= 0.6 is 0 Å². The summed E-state index contributed by atoms with van der Waals surface area (Å²) in [6, 6.07) is 5.03. The van der Waals surface area contributed by atoms with Crippen molar-refractivity contribution in [2.45, 2.75) is 64.8 Å². The molecule has 0 saturated carbocycles. The van der Waals surface area contributed by atoms with Gasteiger partial charge in [-0.3, -0.25) is 14.4 Å². The number of rotatable bonds is 5. The van der Waals surface area contributed by atoms with E-state index in [0.717, 1.165) is 11.1 Å². The van der Waals surface area contributed by atoms with Crippen molar-refractivity contribution in [3.63, 3.8) is 0 Å². The maximum Gasteiger partial charge on any atom is 0.318 e. The fourth-order valence-corrected chi connectivity index (χ4v) is 4.32. The van der Waals surface area contributed by atoms with Crippen molar-refractivity contribution in [2.75, 3.05) is 19.6 Å². The van der Waals surface area contributed by atoms with Crippen molar-refractivity contribution in [2.24, 2.45) is 5.41 Å².